The Labute approximate surface area is 151 Å². The molecule has 0 saturated carbocycles. The van der Waals surface area contributed by atoms with Gasteiger partial charge in [-0.3, -0.25) is 0 Å². The predicted molar refractivity (Wildman–Crippen MR) is 106 cm³/mol. The Kier molecular flexibility index (Phi) is 5.54. The molecular weight excluding hydrogens is 306 g/mol. The molecule has 0 aliphatic carbocycles. The van der Waals surface area contributed by atoms with Gasteiger partial charge in [-0.05, 0) is 55.8 Å². The maximum atomic E-state index is 4.98. The molecule has 0 amide bonds. The lowest BCUT2D eigenvalue weighted by Crippen LogP contribution is -2.27. The molecule has 0 unspecified atom stereocenters. The van der Waals surface area contributed by atoms with E-state index in [9.17, 15) is 0 Å². The first-order valence-corrected chi connectivity index (χ1v) is 9.35. The summed E-state index contributed by atoms with van der Waals surface area (Å²) in [6, 6.07) is 15.2. The molecule has 0 N–H and O–H groups in total. The van der Waals surface area contributed by atoms with Crippen molar-refractivity contribution in [3.05, 3.63) is 65.0 Å². The molecular formula is C22H29N3. The van der Waals surface area contributed by atoms with E-state index in [1.807, 2.05) is 0 Å². The normalized spacial score (nSPS) is 11.6. The molecule has 3 heteroatoms. The molecule has 3 aromatic rings. The Morgan fingerprint density at radius 1 is 0.960 bits per heavy atom. The summed E-state index contributed by atoms with van der Waals surface area (Å²) in [5.41, 5.74) is 6.35. The molecule has 0 aliphatic heterocycles. The average Bonchev–Trinajstić information content (AvgIpc) is 2.93. The van der Waals surface area contributed by atoms with Crippen LogP contribution >= 0.6 is 0 Å². The highest BCUT2D eigenvalue weighted by Crippen LogP contribution is 2.22. The number of benzene rings is 2. The van der Waals surface area contributed by atoms with Gasteiger partial charge in [0.2, 0.25) is 0 Å². The van der Waals surface area contributed by atoms with Crippen molar-refractivity contribution in [3.8, 4) is 0 Å². The van der Waals surface area contributed by atoms with E-state index in [4.69, 9.17) is 4.98 Å². The van der Waals surface area contributed by atoms with Crippen molar-refractivity contribution in [2.24, 2.45) is 0 Å². The van der Waals surface area contributed by atoms with Gasteiger partial charge in [-0.25, -0.2) is 4.98 Å². The Morgan fingerprint density at radius 2 is 1.64 bits per heavy atom. The first-order chi connectivity index (χ1) is 12.1. The van der Waals surface area contributed by atoms with E-state index in [2.05, 4.69) is 79.6 Å². The molecule has 0 saturated heterocycles. The molecule has 3 nitrogen and oxygen atoms in total. The van der Waals surface area contributed by atoms with E-state index in [0.29, 0.717) is 0 Å². The summed E-state index contributed by atoms with van der Waals surface area (Å²) in [5, 5.41) is 0. The smallest absolute Gasteiger partial charge is 0.114 e. The van der Waals surface area contributed by atoms with Gasteiger partial charge in [-0.1, -0.05) is 44.2 Å². The Bertz CT molecular complexity index is 829. The van der Waals surface area contributed by atoms with Gasteiger partial charge in [-0.15, -0.1) is 0 Å². The standard InChI is InChI=1S/C22H29N3/c1-5-24(6-2)12-13-25-21-15-18(4)17(3)14-20(21)23-22(25)16-19-10-8-7-9-11-19/h7-11,14-15H,5-6,12-13,16H2,1-4H3. The number of rotatable bonds is 7. The first kappa shape index (κ1) is 17.7. The van der Waals surface area contributed by atoms with Crippen LogP contribution in [-0.4, -0.2) is 34.1 Å². The van der Waals surface area contributed by atoms with Crippen LogP contribution in [0.4, 0.5) is 0 Å². The van der Waals surface area contributed by atoms with E-state index in [1.165, 1.54) is 28.0 Å². The van der Waals surface area contributed by atoms with Crippen molar-refractivity contribution in [2.45, 2.75) is 40.7 Å². The first-order valence-electron chi connectivity index (χ1n) is 9.35. The average molecular weight is 335 g/mol. The molecule has 25 heavy (non-hydrogen) atoms. The molecule has 0 radical (unpaired) electrons. The van der Waals surface area contributed by atoms with Crippen LogP contribution < -0.4 is 0 Å². The minimum absolute atomic E-state index is 0.881. The van der Waals surface area contributed by atoms with Crippen LogP contribution in [0.15, 0.2) is 42.5 Å². The molecule has 132 valence electrons. The lowest BCUT2D eigenvalue weighted by Gasteiger charge is -2.19. The Morgan fingerprint density at radius 3 is 2.32 bits per heavy atom. The second kappa shape index (κ2) is 7.83. The number of hydrogen-bond donors (Lipinski definition) is 0. The van der Waals surface area contributed by atoms with Crippen LogP contribution in [0.3, 0.4) is 0 Å². The number of aryl methyl sites for hydroxylation is 2. The summed E-state index contributed by atoms with van der Waals surface area (Å²) in [4.78, 5) is 7.46. The molecule has 3 rings (SSSR count). The van der Waals surface area contributed by atoms with Gasteiger partial charge < -0.3 is 9.47 Å². The van der Waals surface area contributed by atoms with Crippen molar-refractivity contribution >= 4 is 11.0 Å². The fourth-order valence-electron chi connectivity index (χ4n) is 3.37. The summed E-state index contributed by atoms with van der Waals surface area (Å²) < 4.78 is 2.42. The number of imidazole rings is 1. The molecule has 1 heterocycles. The van der Waals surface area contributed by atoms with Crippen molar-refractivity contribution in [3.63, 3.8) is 0 Å². The van der Waals surface area contributed by atoms with Crippen LogP contribution in [0, 0.1) is 13.8 Å². The number of likely N-dealkylation sites (N-methyl/N-ethyl adjacent to an activating group) is 1. The largest absolute Gasteiger partial charge is 0.326 e. The lowest BCUT2D eigenvalue weighted by molar-refractivity contribution is 0.291. The summed E-state index contributed by atoms with van der Waals surface area (Å²) in [6.07, 6.45) is 0.881. The van der Waals surface area contributed by atoms with E-state index < -0.39 is 0 Å². The van der Waals surface area contributed by atoms with E-state index in [0.717, 1.165) is 38.1 Å². The molecule has 2 aromatic carbocycles. The fraction of sp³-hybridized carbons (Fsp3) is 0.409. The second-order valence-corrected chi connectivity index (χ2v) is 6.79. The van der Waals surface area contributed by atoms with Gasteiger partial charge in [0.25, 0.3) is 0 Å². The van der Waals surface area contributed by atoms with Crippen molar-refractivity contribution < 1.29 is 0 Å². The van der Waals surface area contributed by atoms with Gasteiger partial charge in [0.1, 0.15) is 5.82 Å². The number of fused-ring (bicyclic) bond motifs is 1. The maximum absolute atomic E-state index is 4.98. The van der Waals surface area contributed by atoms with Gasteiger partial charge in [0.15, 0.2) is 0 Å². The summed E-state index contributed by atoms with van der Waals surface area (Å²) in [7, 11) is 0. The molecule has 0 fully saturated rings. The fourth-order valence-corrected chi connectivity index (χ4v) is 3.37. The summed E-state index contributed by atoms with van der Waals surface area (Å²) >= 11 is 0. The van der Waals surface area contributed by atoms with E-state index in [1.54, 1.807) is 0 Å². The third-order valence-corrected chi connectivity index (χ3v) is 5.18. The predicted octanol–water partition coefficient (Wildman–Crippen LogP) is 4.59. The van der Waals surface area contributed by atoms with Crippen LogP contribution in [0.1, 0.15) is 36.4 Å². The van der Waals surface area contributed by atoms with Gasteiger partial charge in [-0.2, -0.15) is 0 Å². The molecule has 0 aliphatic rings. The highest BCUT2D eigenvalue weighted by molar-refractivity contribution is 5.78. The quantitative estimate of drug-likeness (QED) is 0.630. The number of aromatic nitrogens is 2. The third kappa shape index (κ3) is 3.93. The lowest BCUT2D eigenvalue weighted by atomic mass is 10.1. The molecule has 0 bridgehead atoms. The van der Waals surface area contributed by atoms with Crippen LogP contribution in [0.25, 0.3) is 11.0 Å². The van der Waals surface area contributed by atoms with Gasteiger partial charge >= 0.3 is 0 Å². The minimum Gasteiger partial charge on any atom is -0.326 e. The van der Waals surface area contributed by atoms with E-state index in [-0.39, 0.29) is 0 Å². The van der Waals surface area contributed by atoms with E-state index >= 15 is 0 Å². The topological polar surface area (TPSA) is 21.1 Å². The second-order valence-electron chi connectivity index (χ2n) is 6.79. The zero-order valence-electron chi connectivity index (χ0n) is 15.9. The monoisotopic (exact) mass is 335 g/mol. The molecule has 1 aromatic heterocycles. The summed E-state index contributed by atoms with van der Waals surface area (Å²) in [5.74, 6) is 1.17. The Hall–Kier alpha value is -2.13. The van der Waals surface area contributed by atoms with Crippen LogP contribution in [-0.2, 0) is 13.0 Å². The number of nitrogens with zero attached hydrogens (tertiary/aromatic N) is 3. The third-order valence-electron chi connectivity index (χ3n) is 5.18. The minimum atomic E-state index is 0.881. The zero-order valence-corrected chi connectivity index (χ0v) is 15.9. The highest BCUT2D eigenvalue weighted by atomic mass is 15.2. The van der Waals surface area contributed by atoms with Crippen molar-refractivity contribution in [1.82, 2.24) is 14.5 Å². The molecule has 0 atom stereocenters. The van der Waals surface area contributed by atoms with Crippen LogP contribution in [0.5, 0.6) is 0 Å². The SMILES string of the molecule is CCN(CC)CCn1c(Cc2ccccc2)nc2cc(C)c(C)cc21. The highest BCUT2D eigenvalue weighted by Gasteiger charge is 2.13. The maximum Gasteiger partial charge on any atom is 0.114 e. The van der Waals surface area contributed by atoms with Crippen molar-refractivity contribution in [2.75, 3.05) is 19.6 Å². The zero-order chi connectivity index (χ0) is 17.8. The Balaban J connectivity index is 1.99. The summed E-state index contributed by atoms with van der Waals surface area (Å²) in [6.45, 7) is 13.1. The van der Waals surface area contributed by atoms with Gasteiger partial charge in [0.05, 0.1) is 11.0 Å². The van der Waals surface area contributed by atoms with Crippen LogP contribution in [0.2, 0.25) is 0 Å². The number of hydrogen-bond acceptors (Lipinski definition) is 2. The van der Waals surface area contributed by atoms with Gasteiger partial charge in [0, 0.05) is 19.5 Å². The molecule has 0 spiro atoms. The van der Waals surface area contributed by atoms with Crippen molar-refractivity contribution in [1.29, 1.82) is 0 Å².